The van der Waals surface area contributed by atoms with Crippen molar-refractivity contribution >= 4 is 0 Å². The summed E-state index contributed by atoms with van der Waals surface area (Å²) in [5.74, 6) is 0. The number of hydrogen-bond acceptors (Lipinski definition) is 3. The molecule has 126 valence electrons. The molecule has 5 heteroatoms. The molecule has 0 N–H and O–H groups in total. The third-order valence-corrected chi connectivity index (χ3v) is 4.42. The second-order valence-corrected chi connectivity index (χ2v) is 6.02. The molecule has 0 atom stereocenters. The lowest BCUT2D eigenvalue weighted by molar-refractivity contribution is 0.269. The molecule has 0 saturated heterocycles. The van der Waals surface area contributed by atoms with E-state index in [0.29, 0.717) is 0 Å². The summed E-state index contributed by atoms with van der Waals surface area (Å²) < 4.78 is 4.04. The normalized spacial score (nSPS) is 11.4. The van der Waals surface area contributed by atoms with Gasteiger partial charge in [0.25, 0.3) is 0 Å². The highest BCUT2D eigenvalue weighted by Crippen LogP contribution is 2.18. The van der Waals surface area contributed by atoms with E-state index in [0.717, 1.165) is 44.1 Å². The molecule has 0 aliphatic carbocycles. The lowest BCUT2D eigenvalue weighted by Crippen LogP contribution is -2.23. The summed E-state index contributed by atoms with van der Waals surface area (Å²) in [6.07, 6.45) is 4.01. The Bertz CT molecular complexity index is 665. The van der Waals surface area contributed by atoms with Crippen molar-refractivity contribution in [2.75, 3.05) is 6.54 Å². The first-order chi connectivity index (χ1) is 11.0. The van der Waals surface area contributed by atoms with Crippen LogP contribution in [0, 0.1) is 20.8 Å². The van der Waals surface area contributed by atoms with Gasteiger partial charge in [-0.1, -0.05) is 13.0 Å². The first-order valence-corrected chi connectivity index (χ1v) is 8.39. The smallest absolute Gasteiger partial charge is 0.0641 e. The Kier molecular flexibility index (Phi) is 5.77. The number of nitrogens with zero attached hydrogens (tertiary/aromatic N) is 5. The maximum Gasteiger partial charge on any atom is 0.0641 e. The van der Waals surface area contributed by atoms with Crippen molar-refractivity contribution < 1.29 is 0 Å². The van der Waals surface area contributed by atoms with E-state index in [9.17, 15) is 0 Å². The molecule has 0 bridgehead atoms. The number of aromatic nitrogens is 4. The first-order valence-electron chi connectivity index (χ1n) is 8.39. The van der Waals surface area contributed by atoms with Crippen molar-refractivity contribution in [2.45, 2.75) is 60.8 Å². The van der Waals surface area contributed by atoms with Crippen LogP contribution in [0.5, 0.6) is 0 Å². The highest BCUT2D eigenvalue weighted by Gasteiger charge is 2.15. The van der Waals surface area contributed by atoms with Gasteiger partial charge in [0.15, 0.2) is 0 Å². The van der Waals surface area contributed by atoms with Crippen LogP contribution in [-0.4, -0.2) is 31.0 Å². The minimum Gasteiger partial charge on any atom is -0.295 e. The lowest BCUT2D eigenvalue weighted by atomic mass is 10.1. The van der Waals surface area contributed by atoms with Gasteiger partial charge < -0.3 is 0 Å². The summed E-state index contributed by atoms with van der Waals surface area (Å²) in [5.41, 5.74) is 6.16. The lowest BCUT2D eigenvalue weighted by Gasteiger charge is -2.20. The summed E-state index contributed by atoms with van der Waals surface area (Å²) >= 11 is 0. The molecule has 5 nitrogen and oxygen atoms in total. The monoisotopic (exact) mass is 315 g/mol. The van der Waals surface area contributed by atoms with Gasteiger partial charge in [0.2, 0.25) is 0 Å². The molecule has 0 aliphatic heterocycles. The van der Waals surface area contributed by atoms with Crippen LogP contribution < -0.4 is 0 Å². The fraction of sp³-hybridized carbons (Fsp3) is 0.556. The van der Waals surface area contributed by atoms with Crippen LogP contribution in [0.25, 0.3) is 0 Å². The number of hydrogen-bond donors (Lipinski definition) is 0. The SMILES string of the molecule is C=CCn1cc(CN(CC)Cc2c(C)nn(CC)c2C)c(C)n1. The van der Waals surface area contributed by atoms with Gasteiger partial charge in [-0.25, -0.2) is 0 Å². The molecule has 2 aromatic rings. The summed E-state index contributed by atoms with van der Waals surface area (Å²) in [5, 5.41) is 9.18. The molecule has 0 spiro atoms. The number of aryl methyl sites for hydroxylation is 3. The molecule has 0 aromatic carbocycles. The van der Waals surface area contributed by atoms with Crippen molar-refractivity contribution in [1.29, 1.82) is 0 Å². The molecular formula is C18H29N5. The van der Waals surface area contributed by atoms with Crippen LogP contribution in [0.1, 0.15) is 42.1 Å². The summed E-state index contributed by atoms with van der Waals surface area (Å²) in [6.45, 7) is 19.0. The van der Waals surface area contributed by atoms with Gasteiger partial charge in [0.05, 0.1) is 17.9 Å². The Morgan fingerprint density at radius 3 is 2.43 bits per heavy atom. The van der Waals surface area contributed by atoms with Gasteiger partial charge in [0, 0.05) is 42.7 Å². The minimum atomic E-state index is 0.758. The van der Waals surface area contributed by atoms with Crippen LogP contribution >= 0.6 is 0 Å². The van der Waals surface area contributed by atoms with Crippen LogP contribution in [0.4, 0.5) is 0 Å². The number of rotatable bonds is 8. The van der Waals surface area contributed by atoms with Gasteiger partial charge in [-0.05, 0) is 34.2 Å². The van der Waals surface area contributed by atoms with Gasteiger partial charge in [-0.3, -0.25) is 14.3 Å². The van der Waals surface area contributed by atoms with Gasteiger partial charge >= 0.3 is 0 Å². The third kappa shape index (κ3) is 3.91. The molecular weight excluding hydrogens is 286 g/mol. The fourth-order valence-electron chi connectivity index (χ4n) is 2.95. The van der Waals surface area contributed by atoms with Crippen molar-refractivity contribution in [3.05, 3.63) is 47.1 Å². The maximum atomic E-state index is 4.63. The van der Waals surface area contributed by atoms with E-state index < -0.39 is 0 Å². The quantitative estimate of drug-likeness (QED) is 0.702. The van der Waals surface area contributed by atoms with E-state index in [2.05, 4.69) is 67.2 Å². The Morgan fingerprint density at radius 1 is 1.13 bits per heavy atom. The zero-order valence-corrected chi connectivity index (χ0v) is 15.1. The average molecular weight is 315 g/mol. The van der Waals surface area contributed by atoms with E-state index in [-0.39, 0.29) is 0 Å². The van der Waals surface area contributed by atoms with Crippen LogP contribution in [0.2, 0.25) is 0 Å². The molecule has 0 amide bonds. The van der Waals surface area contributed by atoms with Crippen LogP contribution in [0.15, 0.2) is 18.9 Å². The second kappa shape index (κ2) is 7.59. The zero-order valence-electron chi connectivity index (χ0n) is 15.1. The predicted molar refractivity (Wildman–Crippen MR) is 94.3 cm³/mol. The molecule has 2 heterocycles. The predicted octanol–water partition coefficient (Wildman–Crippen LogP) is 3.23. The molecule has 2 aromatic heterocycles. The van der Waals surface area contributed by atoms with Gasteiger partial charge in [0.1, 0.15) is 0 Å². The Balaban J connectivity index is 2.15. The minimum absolute atomic E-state index is 0.758. The summed E-state index contributed by atoms with van der Waals surface area (Å²) in [4.78, 5) is 2.44. The topological polar surface area (TPSA) is 38.9 Å². The first kappa shape index (κ1) is 17.5. The van der Waals surface area contributed by atoms with E-state index in [1.807, 2.05) is 10.8 Å². The van der Waals surface area contributed by atoms with E-state index >= 15 is 0 Å². The molecule has 23 heavy (non-hydrogen) atoms. The fourth-order valence-corrected chi connectivity index (χ4v) is 2.95. The third-order valence-electron chi connectivity index (χ3n) is 4.42. The molecule has 0 unspecified atom stereocenters. The highest BCUT2D eigenvalue weighted by molar-refractivity contribution is 5.25. The largest absolute Gasteiger partial charge is 0.295 e. The van der Waals surface area contributed by atoms with E-state index in [1.54, 1.807) is 0 Å². The molecule has 0 aliphatic rings. The van der Waals surface area contributed by atoms with E-state index in [1.165, 1.54) is 16.8 Å². The molecule has 2 rings (SSSR count). The van der Waals surface area contributed by atoms with Crippen molar-refractivity contribution in [3.63, 3.8) is 0 Å². The van der Waals surface area contributed by atoms with Gasteiger partial charge in [-0.2, -0.15) is 10.2 Å². The van der Waals surface area contributed by atoms with Gasteiger partial charge in [-0.15, -0.1) is 6.58 Å². The molecule has 0 saturated carbocycles. The van der Waals surface area contributed by atoms with Crippen LogP contribution in [-0.2, 0) is 26.2 Å². The Labute approximate surface area is 139 Å². The van der Waals surface area contributed by atoms with Crippen molar-refractivity contribution in [1.82, 2.24) is 24.5 Å². The Hall–Kier alpha value is -1.88. The highest BCUT2D eigenvalue weighted by atomic mass is 15.3. The summed E-state index contributed by atoms with van der Waals surface area (Å²) in [6, 6.07) is 0. The average Bonchev–Trinajstić information content (AvgIpc) is 3.00. The molecule has 0 fully saturated rings. The van der Waals surface area contributed by atoms with Crippen molar-refractivity contribution in [2.24, 2.45) is 0 Å². The van der Waals surface area contributed by atoms with Crippen LogP contribution in [0.3, 0.4) is 0 Å². The summed E-state index contributed by atoms with van der Waals surface area (Å²) in [7, 11) is 0. The zero-order chi connectivity index (χ0) is 17.0. The number of allylic oxidation sites excluding steroid dienone is 1. The Morgan fingerprint density at radius 2 is 1.87 bits per heavy atom. The van der Waals surface area contributed by atoms with E-state index in [4.69, 9.17) is 0 Å². The molecule has 0 radical (unpaired) electrons. The maximum absolute atomic E-state index is 4.63. The standard InChI is InChI=1S/C18H29N5/c1-7-10-22-12-17(14(4)19-22)11-21(8-2)13-18-15(5)20-23(9-3)16(18)6/h7,12H,1,8-11,13H2,2-6H3. The second-order valence-electron chi connectivity index (χ2n) is 6.02. The van der Waals surface area contributed by atoms with Crippen molar-refractivity contribution in [3.8, 4) is 0 Å².